The number of nitrogens with one attached hydrogen (secondary N) is 1. The maximum atomic E-state index is 12.7. The fourth-order valence-electron chi connectivity index (χ4n) is 4.38. The molecule has 0 saturated heterocycles. The molecule has 3 N–H and O–H groups in total. The number of carbonyl (C=O) groups excluding carboxylic acids is 1. The van der Waals surface area contributed by atoms with Gasteiger partial charge in [-0.05, 0) is 36.7 Å². The monoisotopic (exact) mass is 546 g/mol. The van der Waals surface area contributed by atoms with Gasteiger partial charge in [-0.3, -0.25) is 4.79 Å². The predicted octanol–water partition coefficient (Wildman–Crippen LogP) is 4.06. The van der Waals surface area contributed by atoms with Crippen molar-refractivity contribution in [3.05, 3.63) is 48.5 Å². The molecule has 0 radical (unpaired) electrons. The number of rotatable bonds is 8. The maximum Gasteiger partial charge on any atom is 0.695 e. The van der Waals surface area contributed by atoms with E-state index in [1.807, 2.05) is 10.6 Å². The minimum absolute atomic E-state index is 0.130. The van der Waals surface area contributed by atoms with E-state index in [2.05, 4.69) is 54.1 Å². The first kappa shape index (κ1) is 27.4. The summed E-state index contributed by atoms with van der Waals surface area (Å²) < 4.78 is 25.7. The van der Waals surface area contributed by atoms with Gasteiger partial charge in [0.1, 0.15) is 12.4 Å². The SMILES string of the molecule is CC(C)(C)[Si](C)(C)OC1[C@H](n2cnc3c(NC(=O)c4ccccc4)ncnc32)C[C@H](CO)[C@H]1O[P+](=O)O. The normalized spacial score (nSPS) is 22.8. The Hall–Kier alpha value is -2.60. The fraction of sp³-hybridized carbons (Fsp3) is 0.500. The van der Waals surface area contributed by atoms with Crippen molar-refractivity contribution in [1.82, 2.24) is 19.5 Å². The lowest BCUT2D eigenvalue weighted by molar-refractivity contribution is 0.0178. The van der Waals surface area contributed by atoms with E-state index in [4.69, 9.17) is 8.95 Å². The van der Waals surface area contributed by atoms with Crippen molar-refractivity contribution in [1.29, 1.82) is 0 Å². The number of aromatic nitrogens is 4. The van der Waals surface area contributed by atoms with Gasteiger partial charge in [0.2, 0.25) is 0 Å². The standard InChI is InChI=1S/C24H32N5O6PSi/c1-24(2,3)37(4,5)35-20-17(11-16(12-30)19(20)34-36(32)33)29-14-27-18-21(25-13-26-22(18)29)28-23(31)15-9-7-6-8-10-15/h6-10,13-14,16-17,19-20,30H,11-12H2,1-5H3,(H-,25,26,28,31,32,33)/p+1/t16-,17-,19-,20?/m1/s1. The van der Waals surface area contributed by atoms with Gasteiger partial charge in [0.15, 0.2) is 25.3 Å². The third-order valence-corrected chi connectivity index (χ3v) is 12.3. The Balaban J connectivity index is 1.72. The van der Waals surface area contributed by atoms with Crippen molar-refractivity contribution in [2.24, 2.45) is 5.92 Å². The Morgan fingerprint density at radius 3 is 2.51 bits per heavy atom. The van der Waals surface area contributed by atoms with Crippen molar-refractivity contribution in [2.75, 3.05) is 11.9 Å². The number of aliphatic hydroxyl groups excluding tert-OH is 1. The summed E-state index contributed by atoms with van der Waals surface area (Å²) in [6.45, 7) is 10.3. The molecular weight excluding hydrogens is 513 g/mol. The molecule has 1 amide bonds. The average Bonchev–Trinajstić information content (AvgIpc) is 3.40. The van der Waals surface area contributed by atoms with Crippen molar-refractivity contribution < 1.29 is 28.3 Å². The van der Waals surface area contributed by atoms with Crippen LogP contribution in [0.4, 0.5) is 5.82 Å². The van der Waals surface area contributed by atoms with Crippen molar-refractivity contribution in [3.63, 3.8) is 0 Å². The van der Waals surface area contributed by atoms with Crippen LogP contribution in [0.25, 0.3) is 11.2 Å². The molecule has 37 heavy (non-hydrogen) atoms. The summed E-state index contributed by atoms with van der Waals surface area (Å²) >= 11 is 0. The highest BCUT2D eigenvalue weighted by molar-refractivity contribution is 7.32. The molecule has 1 saturated carbocycles. The molecule has 2 heterocycles. The highest BCUT2D eigenvalue weighted by Crippen LogP contribution is 2.47. The molecule has 4 rings (SSSR count). The second-order valence-electron chi connectivity index (χ2n) is 10.8. The Bertz CT molecular complexity index is 1280. The van der Waals surface area contributed by atoms with Gasteiger partial charge in [-0.1, -0.05) is 39.0 Å². The average molecular weight is 547 g/mol. The molecule has 1 aliphatic carbocycles. The van der Waals surface area contributed by atoms with Crippen LogP contribution in [0.3, 0.4) is 0 Å². The zero-order chi connectivity index (χ0) is 27.0. The molecule has 0 aliphatic heterocycles. The van der Waals surface area contributed by atoms with Gasteiger partial charge in [0.25, 0.3) is 5.91 Å². The Morgan fingerprint density at radius 1 is 1.19 bits per heavy atom. The van der Waals surface area contributed by atoms with Crippen LogP contribution in [0.2, 0.25) is 18.1 Å². The third-order valence-electron chi connectivity index (χ3n) is 7.38. The molecule has 13 heteroatoms. The van der Waals surface area contributed by atoms with E-state index in [1.165, 1.54) is 6.33 Å². The fourth-order valence-corrected chi connectivity index (χ4v) is 6.21. The molecule has 1 aromatic carbocycles. The predicted molar refractivity (Wildman–Crippen MR) is 141 cm³/mol. The van der Waals surface area contributed by atoms with Crippen LogP contribution >= 0.6 is 8.25 Å². The topological polar surface area (TPSA) is 149 Å². The molecule has 198 valence electrons. The van der Waals surface area contributed by atoms with Crippen LogP contribution in [0.1, 0.15) is 43.6 Å². The number of anilines is 1. The van der Waals surface area contributed by atoms with E-state index in [0.29, 0.717) is 23.1 Å². The highest BCUT2D eigenvalue weighted by atomic mass is 31.1. The van der Waals surface area contributed by atoms with E-state index in [9.17, 15) is 19.4 Å². The van der Waals surface area contributed by atoms with Gasteiger partial charge in [-0.15, -0.1) is 9.42 Å². The number of hydrogen-bond acceptors (Lipinski definition) is 8. The molecular formula is C24H33N5O6PSi+. The summed E-state index contributed by atoms with van der Waals surface area (Å²) in [5, 5.41) is 12.8. The summed E-state index contributed by atoms with van der Waals surface area (Å²) in [5.41, 5.74) is 1.35. The van der Waals surface area contributed by atoms with E-state index >= 15 is 0 Å². The van der Waals surface area contributed by atoms with Gasteiger partial charge < -0.3 is 19.4 Å². The molecule has 1 fully saturated rings. The van der Waals surface area contributed by atoms with Gasteiger partial charge in [0.05, 0.1) is 18.5 Å². The molecule has 2 aromatic heterocycles. The quantitative estimate of drug-likeness (QED) is 0.281. The van der Waals surface area contributed by atoms with Gasteiger partial charge in [0, 0.05) is 22.7 Å². The minimum atomic E-state index is -2.91. The number of imidazole rings is 1. The molecule has 11 nitrogen and oxygen atoms in total. The zero-order valence-electron chi connectivity index (χ0n) is 21.5. The summed E-state index contributed by atoms with van der Waals surface area (Å²) in [6, 6.07) is 8.40. The van der Waals surface area contributed by atoms with E-state index < -0.39 is 34.7 Å². The molecule has 1 aliphatic rings. The molecule has 0 bridgehead atoms. The lowest BCUT2D eigenvalue weighted by Crippen LogP contribution is -2.48. The van der Waals surface area contributed by atoms with Crippen LogP contribution < -0.4 is 5.32 Å². The maximum absolute atomic E-state index is 12.7. The van der Waals surface area contributed by atoms with Crippen LogP contribution in [0.5, 0.6) is 0 Å². The van der Waals surface area contributed by atoms with Crippen molar-refractivity contribution in [3.8, 4) is 0 Å². The first-order valence-electron chi connectivity index (χ1n) is 12.1. The zero-order valence-corrected chi connectivity index (χ0v) is 23.4. The number of amides is 1. The van der Waals surface area contributed by atoms with Crippen LogP contribution in [0.15, 0.2) is 43.0 Å². The van der Waals surface area contributed by atoms with Crippen LogP contribution in [-0.4, -0.2) is 62.6 Å². The van der Waals surface area contributed by atoms with Gasteiger partial charge >= 0.3 is 8.25 Å². The first-order valence-corrected chi connectivity index (χ1v) is 16.1. The van der Waals surface area contributed by atoms with Crippen LogP contribution in [0, 0.1) is 5.92 Å². The first-order chi connectivity index (χ1) is 17.4. The second-order valence-corrected chi connectivity index (χ2v) is 16.2. The third kappa shape index (κ3) is 5.64. The highest BCUT2D eigenvalue weighted by Gasteiger charge is 2.53. The number of hydrogen-bond donors (Lipinski definition) is 3. The van der Waals surface area contributed by atoms with Crippen molar-refractivity contribution in [2.45, 2.75) is 63.6 Å². The molecule has 2 unspecified atom stereocenters. The number of nitrogens with zero attached hydrogens (tertiary/aromatic N) is 4. The Morgan fingerprint density at radius 2 is 1.89 bits per heavy atom. The van der Waals surface area contributed by atoms with Gasteiger partial charge in [-0.25, -0.2) is 15.0 Å². The minimum Gasteiger partial charge on any atom is -0.409 e. The number of fused-ring (bicyclic) bond motifs is 1. The smallest absolute Gasteiger partial charge is 0.409 e. The lowest BCUT2D eigenvalue weighted by atomic mass is 10.1. The summed E-state index contributed by atoms with van der Waals surface area (Å²) in [5.74, 6) is -0.486. The van der Waals surface area contributed by atoms with E-state index in [-0.39, 0.29) is 29.4 Å². The summed E-state index contributed by atoms with van der Waals surface area (Å²) in [4.78, 5) is 35.5. The number of aliphatic hydroxyl groups is 1. The van der Waals surface area contributed by atoms with Crippen molar-refractivity contribution >= 4 is 39.5 Å². The largest absolute Gasteiger partial charge is 0.695 e. The summed E-state index contributed by atoms with van der Waals surface area (Å²) in [7, 11) is -5.27. The molecule has 3 aromatic rings. The van der Waals surface area contributed by atoms with E-state index in [1.54, 1.807) is 30.6 Å². The molecule has 5 atom stereocenters. The second kappa shape index (κ2) is 10.6. The Labute approximate surface area is 217 Å². The summed E-state index contributed by atoms with van der Waals surface area (Å²) in [6.07, 6.45) is 1.94. The Kier molecular flexibility index (Phi) is 7.89. The van der Waals surface area contributed by atoms with E-state index in [0.717, 1.165) is 0 Å². The lowest BCUT2D eigenvalue weighted by Gasteiger charge is -2.40. The van der Waals surface area contributed by atoms with Gasteiger partial charge in [-0.2, -0.15) is 0 Å². The molecule has 0 spiro atoms. The number of benzene rings is 1. The number of carbonyl (C=O) groups is 1. The van der Waals surface area contributed by atoms with Crippen LogP contribution in [-0.2, 0) is 13.5 Å².